The van der Waals surface area contributed by atoms with Crippen LogP contribution < -0.4 is 3.11 Å². The third kappa shape index (κ3) is 5.01. The molecule has 0 bridgehead atoms. The van der Waals surface area contributed by atoms with Gasteiger partial charge in [0.15, 0.2) is 0 Å². The molecule has 0 atom stereocenters. The molecule has 0 unspecified atom stereocenters. The van der Waals surface area contributed by atoms with Crippen LogP contribution in [0.3, 0.4) is 0 Å². The molecule has 2 aromatic rings. The molecule has 0 aliphatic rings. The monoisotopic (exact) mass is 407 g/mol. The number of hydrogen-bond donors (Lipinski definition) is 0. The summed E-state index contributed by atoms with van der Waals surface area (Å²) in [6, 6.07) is 17.9. The Kier molecular flexibility index (Phi) is 7.23. The summed E-state index contributed by atoms with van der Waals surface area (Å²) in [7, 11) is 0. The molecule has 0 aromatic heterocycles. The second-order valence-corrected chi connectivity index (χ2v) is 6.79. The van der Waals surface area contributed by atoms with E-state index in [1.54, 1.807) is 0 Å². The summed E-state index contributed by atoms with van der Waals surface area (Å²) in [5, 5.41) is 0. The van der Waals surface area contributed by atoms with Crippen molar-refractivity contribution >= 4 is 34.2 Å². The summed E-state index contributed by atoms with van der Waals surface area (Å²) in [6.07, 6.45) is 7.42. The maximum absolute atomic E-state index is 2.39. The van der Waals surface area contributed by atoms with Gasteiger partial charge in [0, 0.05) is 0 Å². The van der Waals surface area contributed by atoms with E-state index in [0.29, 0.717) is 0 Å². The fraction of sp³-hybridized carbons (Fsp3) is 0.400. The topological polar surface area (TPSA) is 3.24 Å². The van der Waals surface area contributed by atoms with Crippen molar-refractivity contribution in [1.29, 1.82) is 0 Å². The number of nitrogens with zero attached hydrogens (tertiary/aromatic N) is 1. The summed E-state index contributed by atoms with van der Waals surface area (Å²) in [4.78, 5) is 0. The minimum absolute atomic E-state index is 1.18. The summed E-state index contributed by atoms with van der Waals surface area (Å²) >= 11 is 2.39. The van der Waals surface area contributed by atoms with E-state index in [2.05, 4.69) is 88.4 Å². The molecule has 0 N–H and O–H groups in total. The summed E-state index contributed by atoms with van der Waals surface area (Å²) in [5.41, 5.74) is 5.35. The Morgan fingerprint density at radius 2 is 1.05 bits per heavy atom. The first kappa shape index (κ1) is 17.3. The number of unbranched alkanes of at least 4 members (excludes halogenated alkanes) is 2. The Labute approximate surface area is 149 Å². The van der Waals surface area contributed by atoms with Crippen LogP contribution in [0.5, 0.6) is 0 Å². The van der Waals surface area contributed by atoms with E-state index in [4.69, 9.17) is 0 Å². The number of rotatable bonds is 8. The van der Waals surface area contributed by atoms with E-state index in [9.17, 15) is 0 Å². The number of hydrogen-bond acceptors (Lipinski definition) is 1. The smallest absolute Gasteiger partial charge is 0.0646 e. The number of benzene rings is 2. The Balaban J connectivity index is 2.02. The molecule has 0 heterocycles. The van der Waals surface area contributed by atoms with Crippen LogP contribution in [0, 0.1) is 0 Å². The van der Waals surface area contributed by atoms with Crippen molar-refractivity contribution in [3.05, 3.63) is 59.7 Å². The molecule has 22 heavy (non-hydrogen) atoms. The lowest BCUT2D eigenvalue weighted by Gasteiger charge is -2.17. The highest BCUT2D eigenvalue weighted by atomic mass is 127. The molecule has 0 saturated carbocycles. The Hall–Kier alpha value is -1.03. The van der Waals surface area contributed by atoms with Gasteiger partial charge >= 0.3 is 0 Å². The summed E-state index contributed by atoms with van der Waals surface area (Å²) < 4.78 is 2.23. The van der Waals surface area contributed by atoms with Crippen molar-refractivity contribution in [3.63, 3.8) is 0 Å². The minimum atomic E-state index is 1.18. The van der Waals surface area contributed by atoms with E-state index < -0.39 is 0 Å². The van der Waals surface area contributed by atoms with Gasteiger partial charge < -0.3 is 0 Å². The SMILES string of the molecule is CCCCc1ccc(N(I)c2ccc(CCCC)cc2)cc1. The Morgan fingerprint density at radius 3 is 1.36 bits per heavy atom. The van der Waals surface area contributed by atoms with Gasteiger partial charge in [0.2, 0.25) is 0 Å². The zero-order valence-corrected chi connectivity index (χ0v) is 15.8. The first-order valence-corrected chi connectivity index (χ1v) is 9.35. The molecule has 0 saturated heterocycles. The van der Waals surface area contributed by atoms with Gasteiger partial charge in [-0.15, -0.1) is 0 Å². The minimum Gasteiger partial charge on any atom is -0.283 e. The fourth-order valence-corrected chi connectivity index (χ4v) is 3.14. The van der Waals surface area contributed by atoms with Gasteiger partial charge in [-0.2, -0.15) is 0 Å². The van der Waals surface area contributed by atoms with E-state index in [-0.39, 0.29) is 0 Å². The molecular weight excluding hydrogens is 381 g/mol. The first-order valence-electron chi connectivity index (χ1n) is 8.38. The molecule has 1 nitrogen and oxygen atoms in total. The lowest BCUT2D eigenvalue weighted by molar-refractivity contribution is 0.795. The maximum Gasteiger partial charge on any atom is 0.0646 e. The average Bonchev–Trinajstić information content (AvgIpc) is 2.58. The second kappa shape index (κ2) is 9.19. The Bertz CT molecular complexity index is 493. The van der Waals surface area contributed by atoms with Gasteiger partial charge in [-0.1, -0.05) is 51.0 Å². The van der Waals surface area contributed by atoms with Crippen molar-refractivity contribution in [2.75, 3.05) is 3.11 Å². The van der Waals surface area contributed by atoms with Crippen LogP contribution in [-0.4, -0.2) is 0 Å². The molecule has 2 heteroatoms. The van der Waals surface area contributed by atoms with Gasteiger partial charge in [-0.3, -0.25) is 3.11 Å². The largest absolute Gasteiger partial charge is 0.283 e. The van der Waals surface area contributed by atoms with Crippen LogP contribution in [0.1, 0.15) is 50.7 Å². The molecule has 0 spiro atoms. The zero-order valence-electron chi connectivity index (χ0n) is 13.7. The third-order valence-electron chi connectivity index (χ3n) is 3.96. The third-order valence-corrected chi connectivity index (χ3v) is 5.08. The van der Waals surface area contributed by atoms with Gasteiger partial charge in [0.05, 0.1) is 34.2 Å². The van der Waals surface area contributed by atoms with E-state index in [1.807, 2.05) is 0 Å². The summed E-state index contributed by atoms with van der Waals surface area (Å²) in [6.45, 7) is 4.48. The van der Waals surface area contributed by atoms with Crippen LogP contribution >= 0.6 is 22.9 Å². The normalized spacial score (nSPS) is 10.7. The highest BCUT2D eigenvalue weighted by molar-refractivity contribution is 14.1. The van der Waals surface area contributed by atoms with Crippen molar-refractivity contribution in [2.24, 2.45) is 0 Å². The molecule has 0 fully saturated rings. The number of anilines is 2. The fourth-order valence-electron chi connectivity index (χ4n) is 2.50. The molecule has 0 aliphatic heterocycles. The predicted molar refractivity (Wildman–Crippen MR) is 106 cm³/mol. The second-order valence-electron chi connectivity index (χ2n) is 5.82. The van der Waals surface area contributed by atoms with E-state index in [1.165, 1.54) is 61.0 Å². The predicted octanol–water partition coefficient (Wildman–Crippen LogP) is 6.86. The van der Waals surface area contributed by atoms with Gasteiger partial charge in [0.25, 0.3) is 0 Å². The zero-order chi connectivity index (χ0) is 15.8. The van der Waals surface area contributed by atoms with Crippen LogP contribution in [0.15, 0.2) is 48.5 Å². The van der Waals surface area contributed by atoms with Crippen LogP contribution in [-0.2, 0) is 12.8 Å². The summed E-state index contributed by atoms with van der Waals surface area (Å²) in [5.74, 6) is 0. The van der Waals surface area contributed by atoms with Crippen LogP contribution in [0.25, 0.3) is 0 Å². The first-order chi connectivity index (χ1) is 10.7. The molecule has 0 aliphatic carbocycles. The van der Waals surface area contributed by atoms with Gasteiger partial charge in [-0.25, -0.2) is 0 Å². The molecule has 0 amide bonds. The average molecular weight is 407 g/mol. The maximum atomic E-state index is 2.39. The van der Waals surface area contributed by atoms with Crippen LogP contribution in [0.2, 0.25) is 0 Å². The van der Waals surface area contributed by atoms with Crippen molar-refractivity contribution in [2.45, 2.75) is 52.4 Å². The Morgan fingerprint density at radius 1 is 0.682 bits per heavy atom. The highest BCUT2D eigenvalue weighted by Crippen LogP contribution is 2.30. The van der Waals surface area contributed by atoms with Gasteiger partial charge in [0.1, 0.15) is 0 Å². The van der Waals surface area contributed by atoms with Gasteiger partial charge in [-0.05, 0) is 61.1 Å². The number of halogens is 1. The number of aryl methyl sites for hydroxylation is 2. The van der Waals surface area contributed by atoms with E-state index >= 15 is 0 Å². The lowest BCUT2D eigenvalue weighted by Crippen LogP contribution is -2.01. The van der Waals surface area contributed by atoms with Crippen molar-refractivity contribution in [1.82, 2.24) is 0 Å². The molecule has 0 radical (unpaired) electrons. The van der Waals surface area contributed by atoms with Crippen molar-refractivity contribution < 1.29 is 0 Å². The van der Waals surface area contributed by atoms with Crippen molar-refractivity contribution in [3.8, 4) is 0 Å². The quantitative estimate of drug-likeness (QED) is 0.341. The highest BCUT2D eigenvalue weighted by Gasteiger charge is 2.06. The lowest BCUT2D eigenvalue weighted by atomic mass is 10.1. The van der Waals surface area contributed by atoms with E-state index in [0.717, 1.165) is 0 Å². The van der Waals surface area contributed by atoms with Crippen LogP contribution in [0.4, 0.5) is 11.4 Å². The molecule has 118 valence electrons. The standard InChI is InChI=1S/C20H26IN/c1-3-5-7-17-9-13-19(14-10-17)22(21)20-15-11-18(12-16-20)8-6-4-2/h9-16H,3-8H2,1-2H3. The molecular formula is C20H26IN. The molecule has 2 aromatic carbocycles. The molecule has 2 rings (SSSR count).